The Morgan fingerprint density at radius 3 is 2.37 bits per heavy atom. The number of carbonyl (C=O) groups excluding carboxylic acids is 2. The monoisotopic (exact) mass is 579 g/mol. The van der Waals surface area contributed by atoms with Gasteiger partial charge in [-0.3, -0.25) is 4.79 Å². The SMILES string of the molecule is CC(C)(C)OC(=O)N[C@@](C)(c1cn2ncc([C@H](NC(=O)CC3CC(F)(F)C3)C3CC3)cc2n1)C1C[C@@H]2[C@H](C1)C2(F)F. The Morgan fingerprint density at radius 1 is 1.12 bits per heavy atom. The number of hydrogen-bond donors (Lipinski definition) is 2. The molecule has 2 heterocycles. The normalized spacial score (nSPS) is 28.7. The number of nitrogens with one attached hydrogen (secondary N) is 2. The fourth-order valence-electron chi connectivity index (χ4n) is 6.81. The molecular formula is C29H37F4N5O3. The second-order valence-electron chi connectivity index (χ2n) is 13.8. The first-order valence-electron chi connectivity index (χ1n) is 14.5. The van der Waals surface area contributed by atoms with Gasteiger partial charge in [0.05, 0.1) is 29.7 Å². The predicted molar refractivity (Wildman–Crippen MR) is 140 cm³/mol. The number of fused-ring (bicyclic) bond motifs is 2. The van der Waals surface area contributed by atoms with Crippen molar-refractivity contribution in [3.63, 3.8) is 0 Å². The van der Waals surface area contributed by atoms with E-state index in [2.05, 4.69) is 15.7 Å². The average molecular weight is 580 g/mol. The number of carbonyl (C=O) groups is 2. The largest absolute Gasteiger partial charge is 0.444 e. The zero-order valence-electron chi connectivity index (χ0n) is 23.7. The molecule has 0 saturated heterocycles. The van der Waals surface area contributed by atoms with Gasteiger partial charge in [-0.05, 0) is 82.8 Å². The van der Waals surface area contributed by atoms with Crippen molar-refractivity contribution >= 4 is 17.6 Å². The van der Waals surface area contributed by atoms with Gasteiger partial charge in [-0.1, -0.05) is 0 Å². The van der Waals surface area contributed by atoms with Gasteiger partial charge < -0.3 is 15.4 Å². The van der Waals surface area contributed by atoms with Crippen LogP contribution in [0.3, 0.4) is 0 Å². The molecule has 8 nitrogen and oxygen atoms in total. The molecule has 4 fully saturated rings. The molecule has 0 spiro atoms. The van der Waals surface area contributed by atoms with E-state index < -0.39 is 40.9 Å². The van der Waals surface area contributed by atoms with E-state index in [0.717, 1.165) is 18.4 Å². The van der Waals surface area contributed by atoms with Crippen molar-refractivity contribution in [3.8, 4) is 0 Å². The summed E-state index contributed by atoms with van der Waals surface area (Å²) < 4.78 is 61.6. The summed E-state index contributed by atoms with van der Waals surface area (Å²) in [6.45, 7) is 7.05. The van der Waals surface area contributed by atoms with Crippen molar-refractivity contribution < 1.29 is 31.9 Å². The maximum atomic E-state index is 14.1. The molecule has 5 atom stereocenters. The van der Waals surface area contributed by atoms with Gasteiger partial charge in [0, 0.05) is 31.1 Å². The molecule has 6 rings (SSSR count). The Labute approximate surface area is 236 Å². The van der Waals surface area contributed by atoms with Crippen LogP contribution < -0.4 is 10.6 Å². The predicted octanol–water partition coefficient (Wildman–Crippen LogP) is 5.76. The lowest BCUT2D eigenvalue weighted by Crippen LogP contribution is -2.50. The van der Waals surface area contributed by atoms with E-state index in [-0.39, 0.29) is 61.8 Å². The van der Waals surface area contributed by atoms with Crippen LogP contribution in [-0.2, 0) is 15.1 Å². The lowest BCUT2D eigenvalue weighted by Gasteiger charge is -2.37. The van der Waals surface area contributed by atoms with Crippen LogP contribution in [0.1, 0.15) is 89.9 Å². The van der Waals surface area contributed by atoms with Gasteiger partial charge in [0.25, 0.3) is 5.92 Å². The fourth-order valence-corrected chi connectivity index (χ4v) is 6.81. The van der Waals surface area contributed by atoms with E-state index in [1.54, 1.807) is 44.6 Å². The number of aromatic nitrogens is 3. The van der Waals surface area contributed by atoms with Crippen LogP contribution in [-0.4, -0.2) is 44.0 Å². The Bertz CT molecular complexity index is 1350. The molecule has 2 aromatic heterocycles. The fraction of sp³-hybridized carbons (Fsp3) is 0.724. The minimum atomic E-state index is -2.67. The number of alkyl carbamates (subject to hydrolysis) is 1. The standard InChI is InChI=1S/C29H37F4N5O3/c1-26(2,3)41-25(40)37-27(4,18-9-19-20(10-18)29(19,32)33)21-14-38-22(35-21)8-17(13-34-38)24(16-5-6-16)36-23(39)7-15-11-28(30,31)12-15/h8,13-16,18-20,24H,5-7,9-12H2,1-4H3,(H,36,39)(H,37,40)/t18?,19-,20+,24-,27-/m1/s1. The van der Waals surface area contributed by atoms with Crippen LogP contribution in [0.5, 0.6) is 0 Å². The second kappa shape index (κ2) is 9.29. The molecule has 0 aliphatic heterocycles. The smallest absolute Gasteiger partial charge is 0.408 e. The number of ether oxygens (including phenoxy) is 1. The van der Waals surface area contributed by atoms with Gasteiger partial charge in [-0.25, -0.2) is 31.9 Å². The Kier molecular flexibility index (Phi) is 6.39. The van der Waals surface area contributed by atoms with E-state index in [1.165, 1.54) is 0 Å². The maximum absolute atomic E-state index is 14.1. The lowest BCUT2D eigenvalue weighted by molar-refractivity contribution is -0.134. The van der Waals surface area contributed by atoms with Crippen molar-refractivity contribution in [2.24, 2.45) is 29.6 Å². The number of halogens is 4. The molecule has 4 aliphatic carbocycles. The number of amides is 2. The molecule has 4 saturated carbocycles. The van der Waals surface area contributed by atoms with Gasteiger partial charge in [-0.15, -0.1) is 0 Å². The Hall–Kier alpha value is -2.92. The van der Waals surface area contributed by atoms with Gasteiger partial charge in [0.1, 0.15) is 5.60 Å². The molecule has 1 unspecified atom stereocenters. The van der Waals surface area contributed by atoms with E-state index in [1.807, 2.05) is 6.07 Å². The number of hydrogen-bond acceptors (Lipinski definition) is 5. The third-order valence-corrected chi connectivity index (χ3v) is 9.31. The average Bonchev–Trinajstić information content (AvgIpc) is 3.58. The highest BCUT2D eigenvalue weighted by Gasteiger charge is 2.73. The van der Waals surface area contributed by atoms with Crippen LogP contribution in [0.25, 0.3) is 5.65 Å². The highest BCUT2D eigenvalue weighted by molar-refractivity contribution is 5.77. The number of alkyl halides is 4. The summed E-state index contributed by atoms with van der Waals surface area (Å²) in [4.78, 5) is 30.4. The number of nitrogens with zero attached hydrogens (tertiary/aromatic N) is 3. The first kappa shape index (κ1) is 28.2. The van der Waals surface area contributed by atoms with Crippen LogP contribution >= 0.6 is 0 Å². The minimum Gasteiger partial charge on any atom is -0.444 e. The molecule has 224 valence electrons. The molecule has 12 heteroatoms. The minimum absolute atomic E-state index is 0.0686. The molecule has 2 N–H and O–H groups in total. The zero-order chi connectivity index (χ0) is 29.5. The van der Waals surface area contributed by atoms with Crippen molar-refractivity contribution in [1.82, 2.24) is 25.2 Å². The van der Waals surface area contributed by atoms with Crippen molar-refractivity contribution in [2.45, 2.75) is 102 Å². The van der Waals surface area contributed by atoms with Gasteiger partial charge >= 0.3 is 6.09 Å². The van der Waals surface area contributed by atoms with E-state index in [4.69, 9.17) is 9.72 Å². The number of imidazole rings is 1. The van der Waals surface area contributed by atoms with E-state index in [9.17, 15) is 27.2 Å². The summed E-state index contributed by atoms with van der Waals surface area (Å²) in [5, 5.41) is 10.5. The third-order valence-electron chi connectivity index (χ3n) is 9.31. The van der Waals surface area contributed by atoms with Crippen LogP contribution in [0.2, 0.25) is 0 Å². The Morgan fingerprint density at radius 2 is 1.78 bits per heavy atom. The molecule has 41 heavy (non-hydrogen) atoms. The number of rotatable bonds is 8. The molecule has 2 aromatic rings. The van der Waals surface area contributed by atoms with Gasteiger partial charge in [0.15, 0.2) is 5.65 Å². The van der Waals surface area contributed by atoms with E-state index in [0.29, 0.717) is 11.3 Å². The third kappa shape index (κ3) is 5.50. The molecule has 2 amide bonds. The summed E-state index contributed by atoms with van der Waals surface area (Å²) in [5.41, 5.74) is -0.0861. The first-order chi connectivity index (χ1) is 19.0. The maximum Gasteiger partial charge on any atom is 0.408 e. The summed E-state index contributed by atoms with van der Waals surface area (Å²) in [6, 6.07) is 1.52. The quantitative estimate of drug-likeness (QED) is 0.388. The Balaban J connectivity index is 1.24. The van der Waals surface area contributed by atoms with Gasteiger partial charge in [0.2, 0.25) is 11.8 Å². The molecule has 4 aliphatic rings. The van der Waals surface area contributed by atoms with Crippen molar-refractivity contribution in [1.29, 1.82) is 0 Å². The molecule has 0 bridgehead atoms. The van der Waals surface area contributed by atoms with Crippen molar-refractivity contribution in [2.75, 3.05) is 0 Å². The highest BCUT2D eigenvalue weighted by atomic mass is 19.3. The summed E-state index contributed by atoms with van der Waals surface area (Å²) >= 11 is 0. The topological polar surface area (TPSA) is 97.6 Å². The van der Waals surface area contributed by atoms with Crippen LogP contribution in [0.15, 0.2) is 18.5 Å². The summed E-state index contributed by atoms with van der Waals surface area (Å²) in [6.07, 6.45) is 4.65. The first-order valence-corrected chi connectivity index (χ1v) is 14.5. The van der Waals surface area contributed by atoms with Crippen molar-refractivity contribution in [3.05, 3.63) is 29.7 Å². The summed E-state index contributed by atoms with van der Waals surface area (Å²) in [7, 11) is 0. The lowest BCUT2D eigenvalue weighted by atomic mass is 9.79. The molecule has 0 radical (unpaired) electrons. The van der Waals surface area contributed by atoms with E-state index >= 15 is 0 Å². The zero-order valence-corrected chi connectivity index (χ0v) is 23.7. The molecule has 0 aromatic carbocycles. The molecular weight excluding hydrogens is 542 g/mol. The highest BCUT2D eigenvalue weighted by Crippen LogP contribution is 2.67. The van der Waals surface area contributed by atoms with Crippen LogP contribution in [0, 0.1) is 29.6 Å². The van der Waals surface area contributed by atoms with Gasteiger partial charge in [-0.2, -0.15) is 5.10 Å². The summed E-state index contributed by atoms with van der Waals surface area (Å²) in [5.74, 6) is -7.31. The van der Waals surface area contributed by atoms with Crippen LogP contribution in [0.4, 0.5) is 22.4 Å². The second-order valence-corrected chi connectivity index (χ2v) is 13.8.